The fourth-order valence-electron chi connectivity index (χ4n) is 2.18. The molecule has 2 heterocycles. The highest BCUT2D eigenvalue weighted by Crippen LogP contribution is 2.19. The molecule has 16 heavy (non-hydrogen) atoms. The lowest BCUT2D eigenvalue weighted by Crippen LogP contribution is -2.34. The van der Waals surface area contributed by atoms with Crippen LogP contribution in [0.3, 0.4) is 0 Å². The molecule has 4 heteroatoms. The first-order chi connectivity index (χ1) is 7.79. The molecule has 0 saturated carbocycles. The quantitative estimate of drug-likeness (QED) is 0.745. The number of nitriles is 1. The van der Waals surface area contributed by atoms with Crippen molar-refractivity contribution in [3.8, 4) is 6.07 Å². The Hall–Kier alpha value is -0.890. The average Bonchev–Trinajstić information content (AvgIpc) is 2.90. The summed E-state index contributed by atoms with van der Waals surface area (Å²) in [5.41, 5.74) is 0. The summed E-state index contributed by atoms with van der Waals surface area (Å²) in [5.74, 6) is 0. The molecule has 0 radical (unpaired) electrons. The number of thiophene rings is 1. The Labute approximate surface area is 101 Å². The highest BCUT2D eigenvalue weighted by molar-refractivity contribution is 7.09. The van der Waals surface area contributed by atoms with Gasteiger partial charge in [-0.25, -0.2) is 0 Å². The zero-order valence-electron chi connectivity index (χ0n) is 9.59. The zero-order chi connectivity index (χ0) is 11.4. The van der Waals surface area contributed by atoms with E-state index in [1.165, 1.54) is 11.3 Å². The van der Waals surface area contributed by atoms with E-state index in [0.29, 0.717) is 12.6 Å². The van der Waals surface area contributed by atoms with Gasteiger partial charge in [0.15, 0.2) is 0 Å². The molecular weight excluding hydrogens is 218 g/mol. The van der Waals surface area contributed by atoms with Crippen LogP contribution in [-0.2, 0) is 6.54 Å². The standard InChI is InChI=1S/C12H17N3S/c1-14(7-5-13)11-4-6-15(9-11)10-12-3-2-8-16-12/h2-3,8,11H,4,6-7,9-10H2,1H3. The van der Waals surface area contributed by atoms with Gasteiger partial charge in [-0.2, -0.15) is 5.26 Å². The van der Waals surface area contributed by atoms with Gasteiger partial charge < -0.3 is 0 Å². The van der Waals surface area contributed by atoms with Crippen LogP contribution in [0.25, 0.3) is 0 Å². The second-order valence-corrected chi connectivity index (χ2v) is 5.36. The van der Waals surface area contributed by atoms with Gasteiger partial charge in [-0.1, -0.05) is 6.07 Å². The first kappa shape index (κ1) is 11.6. The van der Waals surface area contributed by atoms with Crippen molar-refractivity contribution in [2.45, 2.75) is 19.0 Å². The topological polar surface area (TPSA) is 30.3 Å². The van der Waals surface area contributed by atoms with E-state index in [4.69, 9.17) is 5.26 Å². The third-order valence-electron chi connectivity index (χ3n) is 3.15. The second-order valence-electron chi connectivity index (χ2n) is 4.33. The number of nitrogens with zero attached hydrogens (tertiary/aromatic N) is 3. The van der Waals surface area contributed by atoms with Crippen molar-refractivity contribution >= 4 is 11.3 Å². The minimum atomic E-state index is 0.539. The minimum Gasteiger partial charge on any atom is -0.297 e. The van der Waals surface area contributed by atoms with E-state index >= 15 is 0 Å². The van der Waals surface area contributed by atoms with Crippen LogP contribution < -0.4 is 0 Å². The van der Waals surface area contributed by atoms with Crippen LogP contribution in [0.15, 0.2) is 17.5 Å². The van der Waals surface area contributed by atoms with Gasteiger partial charge in [0.1, 0.15) is 0 Å². The molecule has 1 atom stereocenters. The lowest BCUT2D eigenvalue weighted by molar-refractivity contribution is 0.250. The number of likely N-dealkylation sites (tertiary alicyclic amines) is 1. The van der Waals surface area contributed by atoms with E-state index in [9.17, 15) is 0 Å². The van der Waals surface area contributed by atoms with Crippen molar-refractivity contribution < 1.29 is 0 Å². The van der Waals surface area contributed by atoms with E-state index in [1.54, 1.807) is 0 Å². The largest absolute Gasteiger partial charge is 0.297 e. The van der Waals surface area contributed by atoms with Gasteiger partial charge in [-0.05, 0) is 24.9 Å². The van der Waals surface area contributed by atoms with Crippen molar-refractivity contribution in [1.29, 1.82) is 5.26 Å². The van der Waals surface area contributed by atoms with Crippen molar-refractivity contribution in [2.24, 2.45) is 0 Å². The van der Waals surface area contributed by atoms with Crippen molar-refractivity contribution in [3.63, 3.8) is 0 Å². The molecule has 1 unspecified atom stereocenters. The first-order valence-electron chi connectivity index (χ1n) is 5.61. The summed E-state index contributed by atoms with van der Waals surface area (Å²) in [4.78, 5) is 6.07. The van der Waals surface area contributed by atoms with Crippen LogP contribution in [0.2, 0.25) is 0 Å². The molecule has 0 aliphatic carbocycles. The van der Waals surface area contributed by atoms with Crippen molar-refractivity contribution in [2.75, 3.05) is 26.7 Å². The number of likely N-dealkylation sites (N-methyl/N-ethyl adjacent to an activating group) is 1. The van der Waals surface area contributed by atoms with Gasteiger partial charge in [-0.15, -0.1) is 11.3 Å². The summed E-state index contributed by atoms with van der Waals surface area (Å²) >= 11 is 1.82. The molecule has 1 aromatic heterocycles. The summed E-state index contributed by atoms with van der Waals surface area (Å²) in [7, 11) is 2.04. The van der Waals surface area contributed by atoms with Crippen LogP contribution >= 0.6 is 11.3 Å². The highest BCUT2D eigenvalue weighted by Gasteiger charge is 2.25. The predicted molar refractivity (Wildman–Crippen MR) is 66.2 cm³/mol. The van der Waals surface area contributed by atoms with E-state index in [1.807, 2.05) is 18.4 Å². The summed E-state index contributed by atoms with van der Waals surface area (Å²) < 4.78 is 0. The molecule has 1 aliphatic heterocycles. The van der Waals surface area contributed by atoms with E-state index in [2.05, 4.69) is 33.4 Å². The minimum absolute atomic E-state index is 0.539. The number of hydrogen-bond donors (Lipinski definition) is 0. The molecule has 3 nitrogen and oxygen atoms in total. The first-order valence-corrected chi connectivity index (χ1v) is 6.49. The van der Waals surface area contributed by atoms with Crippen molar-refractivity contribution in [1.82, 2.24) is 9.80 Å². The molecule has 1 fully saturated rings. The molecule has 0 bridgehead atoms. The van der Waals surface area contributed by atoms with Crippen LogP contribution in [-0.4, -0.2) is 42.5 Å². The lowest BCUT2D eigenvalue weighted by atomic mass is 10.2. The van der Waals surface area contributed by atoms with E-state index < -0.39 is 0 Å². The Balaban J connectivity index is 1.82. The van der Waals surface area contributed by atoms with Gasteiger partial charge in [-0.3, -0.25) is 9.80 Å². The molecule has 0 spiro atoms. The zero-order valence-corrected chi connectivity index (χ0v) is 10.4. The Morgan fingerprint density at radius 1 is 1.69 bits per heavy atom. The molecule has 86 valence electrons. The molecule has 0 amide bonds. The van der Waals surface area contributed by atoms with Crippen LogP contribution in [0.4, 0.5) is 0 Å². The van der Waals surface area contributed by atoms with Gasteiger partial charge in [0.25, 0.3) is 0 Å². The predicted octanol–water partition coefficient (Wildman–Crippen LogP) is 1.78. The third kappa shape index (κ3) is 2.82. The number of rotatable bonds is 4. The van der Waals surface area contributed by atoms with Gasteiger partial charge >= 0.3 is 0 Å². The number of hydrogen-bond acceptors (Lipinski definition) is 4. The van der Waals surface area contributed by atoms with Crippen molar-refractivity contribution in [3.05, 3.63) is 22.4 Å². The maximum atomic E-state index is 8.67. The fourth-order valence-corrected chi connectivity index (χ4v) is 2.93. The fraction of sp³-hybridized carbons (Fsp3) is 0.583. The SMILES string of the molecule is CN(CC#N)C1CCN(Cc2cccs2)C1. The van der Waals surface area contributed by atoms with Crippen LogP contribution in [0, 0.1) is 11.3 Å². The van der Waals surface area contributed by atoms with Crippen LogP contribution in [0.5, 0.6) is 0 Å². The Bertz CT molecular complexity index is 355. The van der Waals surface area contributed by atoms with Crippen LogP contribution in [0.1, 0.15) is 11.3 Å². The molecule has 1 aliphatic rings. The average molecular weight is 235 g/mol. The Morgan fingerprint density at radius 2 is 2.56 bits per heavy atom. The Kier molecular flexibility index (Phi) is 3.94. The lowest BCUT2D eigenvalue weighted by Gasteiger charge is -2.21. The maximum absolute atomic E-state index is 8.67. The van der Waals surface area contributed by atoms with Gasteiger partial charge in [0.05, 0.1) is 12.6 Å². The summed E-state index contributed by atoms with van der Waals surface area (Å²) in [6.07, 6.45) is 1.18. The smallest absolute Gasteiger partial charge is 0.0866 e. The maximum Gasteiger partial charge on any atom is 0.0866 e. The molecule has 1 saturated heterocycles. The summed E-state index contributed by atoms with van der Waals surface area (Å²) in [5, 5.41) is 10.8. The molecule has 0 N–H and O–H groups in total. The normalized spacial score (nSPS) is 21.4. The monoisotopic (exact) mass is 235 g/mol. The second kappa shape index (κ2) is 5.44. The van der Waals surface area contributed by atoms with E-state index in [-0.39, 0.29) is 0 Å². The molecule has 2 rings (SSSR count). The molecular formula is C12H17N3S. The van der Waals surface area contributed by atoms with Gasteiger partial charge in [0, 0.05) is 30.6 Å². The Morgan fingerprint density at radius 3 is 3.25 bits per heavy atom. The van der Waals surface area contributed by atoms with Gasteiger partial charge in [0.2, 0.25) is 0 Å². The van der Waals surface area contributed by atoms with E-state index in [0.717, 1.165) is 19.6 Å². The molecule has 0 aromatic carbocycles. The summed E-state index contributed by atoms with van der Waals surface area (Å²) in [6.45, 7) is 3.85. The molecule has 1 aromatic rings. The summed E-state index contributed by atoms with van der Waals surface area (Å²) in [6, 6.07) is 7.07. The highest BCUT2D eigenvalue weighted by atomic mass is 32.1. The third-order valence-corrected chi connectivity index (χ3v) is 4.01.